The molecule has 1 N–H and O–H groups in total. The van der Waals surface area contributed by atoms with Crippen molar-refractivity contribution in [1.29, 1.82) is 0 Å². The molecular formula is C12H19NOS. The molecule has 0 spiro atoms. The van der Waals surface area contributed by atoms with Crippen LogP contribution in [-0.2, 0) is 6.42 Å². The van der Waals surface area contributed by atoms with Gasteiger partial charge in [-0.25, -0.2) is 0 Å². The molecule has 0 amide bonds. The fraction of sp³-hybridized carbons (Fsp3) is 0.750. The van der Waals surface area contributed by atoms with Gasteiger partial charge in [-0.15, -0.1) is 11.3 Å². The first-order valence-electron chi connectivity index (χ1n) is 5.59. The summed E-state index contributed by atoms with van der Waals surface area (Å²) in [5.41, 5.74) is 1.64. The monoisotopic (exact) mass is 225 g/mol. The van der Waals surface area contributed by atoms with Gasteiger partial charge in [-0.3, -0.25) is 4.98 Å². The summed E-state index contributed by atoms with van der Waals surface area (Å²) in [6.07, 6.45) is 6.89. The molecule has 1 unspecified atom stereocenters. The SMILES string of the molecule is CC1(C)CCCC(O)(Cc2cncs2)C1. The minimum atomic E-state index is -0.492. The van der Waals surface area contributed by atoms with Crippen molar-refractivity contribution in [2.75, 3.05) is 0 Å². The van der Waals surface area contributed by atoms with Gasteiger partial charge in [-0.2, -0.15) is 0 Å². The summed E-state index contributed by atoms with van der Waals surface area (Å²) in [6.45, 7) is 4.51. The molecule has 2 rings (SSSR count). The summed E-state index contributed by atoms with van der Waals surface area (Å²) in [5, 5.41) is 10.6. The first-order valence-corrected chi connectivity index (χ1v) is 6.47. The van der Waals surface area contributed by atoms with Crippen LogP contribution in [0.15, 0.2) is 11.7 Å². The topological polar surface area (TPSA) is 33.1 Å². The van der Waals surface area contributed by atoms with E-state index in [9.17, 15) is 5.11 Å². The maximum absolute atomic E-state index is 10.6. The second-order valence-corrected chi connectivity index (χ2v) is 6.53. The molecule has 15 heavy (non-hydrogen) atoms. The fourth-order valence-electron chi connectivity index (χ4n) is 2.77. The molecule has 1 aromatic heterocycles. The van der Waals surface area contributed by atoms with Crippen LogP contribution in [0, 0.1) is 5.41 Å². The van der Waals surface area contributed by atoms with Crippen LogP contribution in [0.25, 0.3) is 0 Å². The molecule has 0 aromatic carbocycles. The van der Waals surface area contributed by atoms with Gasteiger partial charge in [-0.05, 0) is 24.7 Å². The summed E-state index contributed by atoms with van der Waals surface area (Å²) in [6, 6.07) is 0. The Bertz CT molecular complexity index is 320. The van der Waals surface area contributed by atoms with E-state index in [0.29, 0.717) is 0 Å². The Morgan fingerprint density at radius 3 is 2.87 bits per heavy atom. The van der Waals surface area contributed by atoms with Gasteiger partial charge in [0, 0.05) is 17.5 Å². The van der Waals surface area contributed by atoms with Gasteiger partial charge < -0.3 is 5.11 Å². The molecule has 0 radical (unpaired) electrons. The lowest BCUT2D eigenvalue weighted by Gasteiger charge is -2.41. The Morgan fingerprint density at radius 2 is 2.27 bits per heavy atom. The van der Waals surface area contributed by atoms with Gasteiger partial charge in [0.2, 0.25) is 0 Å². The third-order valence-electron chi connectivity index (χ3n) is 3.29. The molecule has 0 bridgehead atoms. The van der Waals surface area contributed by atoms with Crippen LogP contribution >= 0.6 is 11.3 Å². The minimum absolute atomic E-state index is 0.289. The normalized spacial score (nSPS) is 30.3. The fourth-order valence-corrected chi connectivity index (χ4v) is 3.50. The van der Waals surface area contributed by atoms with Crippen molar-refractivity contribution in [2.24, 2.45) is 5.41 Å². The highest BCUT2D eigenvalue weighted by molar-refractivity contribution is 7.09. The van der Waals surface area contributed by atoms with Gasteiger partial charge >= 0.3 is 0 Å². The lowest BCUT2D eigenvalue weighted by Crippen LogP contribution is -2.40. The molecule has 84 valence electrons. The number of aliphatic hydroxyl groups is 1. The van der Waals surface area contributed by atoms with E-state index in [-0.39, 0.29) is 5.41 Å². The largest absolute Gasteiger partial charge is 0.389 e. The summed E-state index contributed by atoms with van der Waals surface area (Å²) < 4.78 is 0. The molecule has 2 nitrogen and oxygen atoms in total. The third kappa shape index (κ3) is 2.79. The number of nitrogens with zero attached hydrogens (tertiary/aromatic N) is 1. The van der Waals surface area contributed by atoms with Gasteiger partial charge in [0.05, 0.1) is 11.1 Å². The van der Waals surface area contributed by atoms with Crippen LogP contribution in [0.2, 0.25) is 0 Å². The third-order valence-corrected chi connectivity index (χ3v) is 4.07. The molecule has 1 aliphatic rings. The highest BCUT2D eigenvalue weighted by Gasteiger charge is 2.38. The zero-order valence-corrected chi connectivity index (χ0v) is 10.3. The maximum atomic E-state index is 10.6. The number of rotatable bonds is 2. The Morgan fingerprint density at radius 1 is 1.47 bits per heavy atom. The van der Waals surface area contributed by atoms with E-state index in [0.717, 1.165) is 25.7 Å². The van der Waals surface area contributed by atoms with Crippen molar-refractivity contribution in [1.82, 2.24) is 4.98 Å². The molecule has 1 atom stereocenters. The summed E-state index contributed by atoms with van der Waals surface area (Å²) >= 11 is 1.64. The quantitative estimate of drug-likeness (QED) is 0.839. The standard InChI is InChI=1S/C12H19NOS/c1-11(2)4-3-5-12(14,8-11)6-10-7-13-9-15-10/h7,9,14H,3-6,8H2,1-2H3. The summed E-state index contributed by atoms with van der Waals surface area (Å²) in [5.74, 6) is 0. The van der Waals surface area contributed by atoms with Crippen molar-refractivity contribution >= 4 is 11.3 Å². The number of hydrogen-bond acceptors (Lipinski definition) is 3. The van der Waals surface area contributed by atoms with Gasteiger partial charge in [0.25, 0.3) is 0 Å². The highest BCUT2D eigenvalue weighted by Crippen LogP contribution is 2.42. The first-order chi connectivity index (χ1) is 6.99. The predicted molar refractivity (Wildman–Crippen MR) is 63.0 cm³/mol. The van der Waals surface area contributed by atoms with Crippen LogP contribution < -0.4 is 0 Å². The van der Waals surface area contributed by atoms with Crippen molar-refractivity contribution in [3.05, 3.63) is 16.6 Å². The van der Waals surface area contributed by atoms with E-state index in [4.69, 9.17) is 0 Å². The molecule has 0 saturated heterocycles. The predicted octanol–water partition coefficient (Wildman–Crippen LogP) is 3.02. The van der Waals surface area contributed by atoms with Crippen LogP contribution in [0.1, 0.15) is 44.4 Å². The van der Waals surface area contributed by atoms with Crippen LogP contribution in [-0.4, -0.2) is 15.7 Å². The van der Waals surface area contributed by atoms with Gasteiger partial charge in [-0.1, -0.05) is 20.3 Å². The van der Waals surface area contributed by atoms with E-state index in [2.05, 4.69) is 18.8 Å². The van der Waals surface area contributed by atoms with Crippen molar-refractivity contribution in [3.63, 3.8) is 0 Å². The smallest absolute Gasteiger partial charge is 0.0794 e. The lowest BCUT2D eigenvalue weighted by molar-refractivity contribution is -0.0376. The van der Waals surface area contributed by atoms with Crippen LogP contribution in [0.3, 0.4) is 0 Å². The Balaban J connectivity index is 2.06. The lowest BCUT2D eigenvalue weighted by atomic mass is 9.68. The molecular weight excluding hydrogens is 206 g/mol. The molecule has 0 aliphatic heterocycles. The molecule has 1 aliphatic carbocycles. The molecule has 1 heterocycles. The zero-order chi connectivity index (χ0) is 10.9. The Kier molecular flexibility index (Phi) is 2.86. The average Bonchev–Trinajstić information content (AvgIpc) is 2.52. The van der Waals surface area contributed by atoms with Crippen molar-refractivity contribution in [2.45, 2.75) is 51.6 Å². The average molecular weight is 225 g/mol. The van der Waals surface area contributed by atoms with Crippen LogP contribution in [0.4, 0.5) is 0 Å². The van der Waals surface area contributed by atoms with E-state index in [1.54, 1.807) is 11.3 Å². The summed E-state index contributed by atoms with van der Waals surface area (Å²) in [4.78, 5) is 5.27. The van der Waals surface area contributed by atoms with Crippen LogP contribution in [0.5, 0.6) is 0 Å². The molecule has 1 fully saturated rings. The number of aromatic nitrogens is 1. The van der Waals surface area contributed by atoms with E-state index in [1.807, 2.05) is 11.7 Å². The Hall–Kier alpha value is -0.410. The van der Waals surface area contributed by atoms with E-state index >= 15 is 0 Å². The number of thiazole rings is 1. The molecule has 1 saturated carbocycles. The Labute approximate surface area is 95.4 Å². The second-order valence-electron chi connectivity index (χ2n) is 5.56. The van der Waals surface area contributed by atoms with Crippen molar-refractivity contribution in [3.8, 4) is 0 Å². The molecule has 1 aromatic rings. The van der Waals surface area contributed by atoms with Gasteiger partial charge in [0.1, 0.15) is 0 Å². The molecule has 3 heteroatoms. The van der Waals surface area contributed by atoms with Gasteiger partial charge in [0.15, 0.2) is 0 Å². The highest BCUT2D eigenvalue weighted by atomic mass is 32.1. The maximum Gasteiger partial charge on any atom is 0.0794 e. The zero-order valence-electron chi connectivity index (χ0n) is 9.49. The summed E-state index contributed by atoms with van der Waals surface area (Å²) in [7, 11) is 0. The van der Waals surface area contributed by atoms with E-state index < -0.39 is 5.60 Å². The number of hydrogen-bond donors (Lipinski definition) is 1. The minimum Gasteiger partial charge on any atom is -0.389 e. The van der Waals surface area contributed by atoms with E-state index in [1.165, 1.54) is 11.3 Å². The van der Waals surface area contributed by atoms with Crippen molar-refractivity contribution < 1.29 is 5.11 Å². The first kappa shape index (κ1) is 11.1. The second kappa shape index (κ2) is 3.87.